The third-order valence-electron chi connectivity index (χ3n) is 7.37. The Bertz CT molecular complexity index is 1360. The molecule has 1 aliphatic heterocycles. The number of ether oxygens (including phenoxy) is 4. The zero-order valence-corrected chi connectivity index (χ0v) is 27.2. The van der Waals surface area contributed by atoms with Crippen molar-refractivity contribution < 1.29 is 28.5 Å². The Balaban J connectivity index is 1.48. The molecule has 1 saturated heterocycles. The fourth-order valence-electron chi connectivity index (χ4n) is 4.89. The zero-order valence-electron chi connectivity index (χ0n) is 26.2. The highest BCUT2D eigenvalue weighted by atomic mass is 28.3. The van der Waals surface area contributed by atoms with Crippen LogP contribution in [0, 0.1) is 0 Å². The SMILES string of the molecule is COCC(C)NC(=O)c1cn(COCC[Si](C)(C)C)c2ncc(O[C@H]3CC[C@@H](C)N(C(=O)OCc4ccccc4)C3)nc12. The van der Waals surface area contributed by atoms with Crippen molar-refractivity contribution in [2.24, 2.45) is 0 Å². The molecule has 3 heterocycles. The van der Waals surface area contributed by atoms with Crippen molar-refractivity contribution in [3.8, 4) is 5.88 Å². The first-order valence-electron chi connectivity index (χ1n) is 14.9. The van der Waals surface area contributed by atoms with Crippen LogP contribution in [-0.2, 0) is 27.5 Å². The molecule has 4 rings (SSSR count). The van der Waals surface area contributed by atoms with Crippen molar-refractivity contribution in [2.45, 2.75) is 83.9 Å². The number of likely N-dealkylation sites (tertiary alicyclic amines) is 1. The smallest absolute Gasteiger partial charge is 0.410 e. The standard InChI is InChI=1S/C31H45N5O6Si/c1-22(19-39-3)33-30(37)26-18-35(21-40-14-15-43(4,5)6)29-28(26)34-27(16-32-29)42-25-13-12-23(2)36(17-25)31(38)41-20-24-10-8-7-9-11-24/h7-11,16,18,22-23,25H,12-15,17,19-21H2,1-6H3,(H,33,37)/t22?,23-,25+/m1/s1. The predicted octanol–water partition coefficient (Wildman–Crippen LogP) is 5.08. The molecule has 1 fully saturated rings. The zero-order chi connectivity index (χ0) is 31.0. The fourth-order valence-corrected chi connectivity index (χ4v) is 5.65. The van der Waals surface area contributed by atoms with E-state index in [1.165, 1.54) is 0 Å². The van der Waals surface area contributed by atoms with E-state index in [1.54, 1.807) is 29.0 Å². The number of amides is 2. The van der Waals surface area contributed by atoms with E-state index < -0.39 is 8.07 Å². The molecule has 0 spiro atoms. The number of rotatable bonds is 13. The third-order valence-corrected chi connectivity index (χ3v) is 9.08. The summed E-state index contributed by atoms with van der Waals surface area (Å²) in [5.41, 5.74) is 2.28. The van der Waals surface area contributed by atoms with Crippen LogP contribution in [0.2, 0.25) is 25.7 Å². The molecular formula is C31H45N5O6Si. The van der Waals surface area contributed by atoms with Gasteiger partial charge in [0, 0.05) is 40.1 Å². The predicted molar refractivity (Wildman–Crippen MR) is 167 cm³/mol. The van der Waals surface area contributed by atoms with Crippen LogP contribution >= 0.6 is 0 Å². The average molecular weight is 612 g/mol. The summed E-state index contributed by atoms with van der Waals surface area (Å²) in [6, 6.07) is 10.5. The Morgan fingerprint density at radius 2 is 1.93 bits per heavy atom. The Labute approximate surface area is 254 Å². The fraction of sp³-hybridized carbons (Fsp3) is 0.548. The van der Waals surface area contributed by atoms with Crippen molar-refractivity contribution in [2.75, 3.05) is 26.9 Å². The average Bonchev–Trinajstić information content (AvgIpc) is 3.33. The van der Waals surface area contributed by atoms with Gasteiger partial charge in [0.2, 0.25) is 5.88 Å². The highest BCUT2D eigenvalue weighted by Crippen LogP contribution is 2.25. The normalized spacial score (nSPS) is 18.0. The van der Waals surface area contributed by atoms with E-state index in [2.05, 4.69) is 29.9 Å². The van der Waals surface area contributed by atoms with Gasteiger partial charge >= 0.3 is 6.09 Å². The van der Waals surface area contributed by atoms with Gasteiger partial charge in [-0.2, -0.15) is 0 Å². The maximum atomic E-state index is 13.3. The van der Waals surface area contributed by atoms with Crippen LogP contribution < -0.4 is 10.1 Å². The van der Waals surface area contributed by atoms with Crippen LogP contribution in [0.25, 0.3) is 11.2 Å². The quantitative estimate of drug-likeness (QED) is 0.210. The number of hydrogen-bond donors (Lipinski definition) is 1. The summed E-state index contributed by atoms with van der Waals surface area (Å²) in [7, 11) is 0.354. The molecule has 12 heteroatoms. The van der Waals surface area contributed by atoms with Gasteiger partial charge in [-0.3, -0.25) is 4.79 Å². The first-order chi connectivity index (χ1) is 20.5. The topological polar surface area (TPSA) is 117 Å². The molecule has 1 aliphatic rings. The van der Waals surface area contributed by atoms with Crippen molar-refractivity contribution in [1.29, 1.82) is 0 Å². The maximum Gasteiger partial charge on any atom is 0.410 e. The molecule has 1 unspecified atom stereocenters. The highest BCUT2D eigenvalue weighted by Gasteiger charge is 2.32. The van der Waals surface area contributed by atoms with Crippen molar-refractivity contribution in [3.63, 3.8) is 0 Å². The van der Waals surface area contributed by atoms with E-state index in [-0.39, 0.29) is 43.5 Å². The number of carbonyl (C=O) groups is 2. The molecule has 11 nitrogen and oxygen atoms in total. The van der Waals surface area contributed by atoms with Crippen LogP contribution in [0.1, 0.15) is 42.6 Å². The van der Waals surface area contributed by atoms with E-state index in [1.807, 2.05) is 44.2 Å². The van der Waals surface area contributed by atoms with Gasteiger partial charge in [0.15, 0.2) is 5.65 Å². The van der Waals surface area contributed by atoms with Gasteiger partial charge in [-0.05, 0) is 38.3 Å². The summed E-state index contributed by atoms with van der Waals surface area (Å²) in [6.07, 6.45) is 4.13. The van der Waals surface area contributed by atoms with Gasteiger partial charge in [-0.15, -0.1) is 0 Å². The monoisotopic (exact) mass is 611 g/mol. The van der Waals surface area contributed by atoms with Gasteiger partial charge < -0.3 is 33.7 Å². The number of methoxy groups -OCH3 is 1. The second-order valence-electron chi connectivity index (χ2n) is 12.4. The lowest BCUT2D eigenvalue weighted by atomic mass is 10.0. The molecule has 0 saturated carbocycles. The van der Waals surface area contributed by atoms with Crippen LogP contribution in [0.15, 0.2) is 42.7 Å². The van der Waals surface area contributed by atoms with E-state index in [0.29, 0.717) is 42.4 Å². The molecule has 2 amide bonds. The van der Waals surface area contributed by atoms with Crippen LogP contribution in [-0.4, -0.2) is 84.6 Å². The van der Waals surface area contributed by atoms with Gasteiger partial charge in [-0.25, -0.2) is 14.8 Å². The Morgan fingerprint density at radius 1 is 1.16 bits per heavy atom. The van der Waals surface area contributed by atoms with Crippen molar-refractivity contribution in [3.05, 3.63) is 53.9 Å². The number of nitrogens with one attached hydrogen (secondary N) is 1. The summed E-state index contributed by atoms with van der Waals surface area (Å²) < 4.78 is 24.8. The first-order valence-corrected chi connectivity index (χ1v) is 18.6. The van der Waals surface area contributed by atoms with Crippen LogP contribution in [0.4, 0.5) is 4.79 Å². The van der Waals surface area contributed by atoms with Crippen molar-refractivity contribution in [1.82, 2.24) is 24.8 Å². The number of piperidine rings is 1. The Hall–Kier alpha value is -3.48. The van der Waals surface area contributed by atoms with Crippen molar-refractivity contribution >= 4 is 31.2 Å². The molecule has 3 aromatic rings. The van der Waals surface area contributed by atoms with Gasteiger partial charge in [-0.1, -0.05) is 50.0 Å². The van der Waals surface area contributed by atoms with Crippen LogP contribution in [0.3, 0.4) is 0 Å². The molecule has 2 aromatic heterocycles. The summed E-state index contributed by atoms with van der Waals surface area (Å²) in [5, 5.41) is 2.96. The number of nitrogens with zero attached hydrogens (tertiary/aromatic N) is 4. The van der Waals surface area contributed by atoms with Gasteiger partial charge in [0.1, 0.15) is 25.0 Å². The largest absolute Gasteiger partial charge is 0.471 e. The second kappa shape index (κ2) is 14.8. The van der Waals surface area contributed by atoms with Gasteiger partial charge in [0.05, 0.1) is 24.9 Å². The molecule has 3 atom stereocenters. The Morgan fingerprint density at radius 3 is 2.65 bits per heavy atom. The summed E-state index contributed by atoms with van der Waals surface area (Å²) >= 11 is 0. The van der Waals surface area contributed by atoms with Crippen LogP contribution in [0.5, 0.6) is 5.88 Å². The maximum absolute atomic E-state index is 13.3. The lowest BCUT2D eigenvalue weighted by Gasteiger charge is -2.36. The highest BCUT2D eigenvalue weighted by molar-refractivity contribution is 6.76. The number of carbonyl (C=O) groups excluding carboxylic acids is 2. The molecule has 1 N–H and O–H groups in total. The summed E-state index contributed by atoms with van der Waals surface area (Å²) in [5.74, 6) is 0.0155. The van der Waals surface area contributed by atoms with E-state index in [4.69, 9.17) is 23.9 Å². The number of fused-ring (bicyclic) bond motifs is 1. The molecule has 1 aromatic carbocycles. The summed E-state index contributed by atoms with van der Waals surface area (Å²) in [4.78, 5) is 37.2. The minimum absolute atomic E-state index is 0.0241. The number of aromatic nitrogens is 3. The molecular weight excluding hydrogens is 566 g/mol. The second-order valence-corrected chi connectivity index (χ2v) is 18.1. The molecule has 234 valence electrons. The lowest BCUT2D eigenvalue weighted by Crippen LogP contribution is -2.49. The minimum atomic E-state index is -1.24. The Kier molecular flexibility index (Phi) is 11.2. The minimum Gasteiger partial charge on any atom is -0.471 e. The first kappa shape index (κ1) is 32.4. The number of hydrogen-bond acceptors (Lipinski definition) is 8. The molecule has 43 heavy (non-hydrogen) atoms. The van der Waals surface area contributed by atoms with E-state index >= 15 is 0 Å². The molecule has 0 bridgehead atoms. The van der Waals surface area contributed by atoms with E-state index in [0.717, 1.165) is 24.4 Å². The number of benzene rings is 1. The van der Waals surface area contributed by atoms with Gasteiger partial charge in [0.25, 0.3) is 5.91 Å². The molecule has 0 radical (unpaired) electrons. The lowest BCUT2D eigenvalue weighted by molar-refractivity contribution is 0.0324. The molecule has 0 aliphatic carbocycles. The van der Waals surface area contributed by atoms with E-state index in [9.17, 15) is 9.59 Å². The third kappa shape index (κ3) is 9.25. The summed E-state index contributed by atoms with van der Waals surface area (Å²) in [6.45, 7) is 12.7.